The van der Waals surface area contributed by atoms with E-state index in [4.69, 9.17) is 14.2 Å². The van der Waals surface area contributed by atoms with Crippen molar-refractivity contribution in [3.05, 3.63) is 23.8 Å². The smallest absolute Gasteiger partial charge is 0.407 e. The van der Waals surface area contributed by atoms with Crippen molar-refractivity contribution in [2.75, 3.05) is 33.4 Å². The minimum absolute atomic E-state index is 0.0136. The van der Waals surface area contributed by atoms with Crippen LogP contribution in [0.1, 0.15) is 39.2 Å². The molecule has 1 N–H and O–H groups in total. The normalized spacial score (nSPS) is 15.1. The third-order valence-corrected chi connectivity index (χ3v) is 4.57. The Balaban J connectivity index is 1.73. The molecule has 156 valence electrons. The summed E-state index contributed by atoms with van der Waals surface area (Å²) < 4.78 is 16.2. The van der Waals surface area contributed by atoms with Crippen LogP contribution in [0.25, 0.3) is 0 Å². The third kappa shape index (κ3) is 6.94. The maximum atomic E-state index is 12.4. The highest BCUT2D eigenvalue weighted by molar-refractivity contribution is 5.78. The van der Waals surface area contributed by atoms with E-state index in [-0.39, 0.29) is 12.5 Å². The Hall–Kier alpha value is -2.44. The molecule has 28 heavy (non-hydrogen) atoms. The average Bonchev–Trinajstić information content (AvgIpc) is 2.64. The highest BCUT2D eigenvalue weighted by Crippen LogP contribution is 2.28. The molecule has 1 saturated heterocycles. The standard InChI is InChI=1S/C21H32N2O5/c1-15-6-7-17(18(12-15)26-5)27-14-19(24)23-10-8-16(9-11-23)13-22-20(25)28-21(2,3)4/h6-7,12,16H,8-11,13-14H2,1-5H3,(H,22,25). The lowest BCUT2D eigenvalue weighted by Gasteiger charge is -2.32. The van der Waals surface area contributed by atoms with Crippen molar-refractivity contribution in [2.45, 2.75) is 46.1 Å². The first-order valence-corrected chi connectivity index (χ1v) is 9.70. The SMILES string of the molecule is COc1cc(C)ccc1OCC(=O)N1CCC(CNC(=O)OC(C)(C)C)CC1. The fraction of sp³-hybridized carbons (Fsp3) is 0.619. The lowest BCUT2D eigenvalue weighted by molar-refractivity contribution is -0.134. The summed E-state index contributed by atoms with van der Waals surface area (Å²) in [7, 11) is 1.58. The molecule has 1 fully saturated rings. The van der Waals surface area contributed by atoms with Crippen molar-refractivity contribution in [1.29, 1.82) is 0 Å². The largest absolute Gasteiger partial charge is 0.493 e. The van der Waals surface area contributed by atoms with E-state index in [1.807, 2.05) is 50.8 Å². The van der Waals surface area contributed by atoms with Gasteiger partial charge in [0, 0.05) is 19.6 Å². The quantitative estimate of drug-likeness (QED) is 0.805. The van der Waals surface area contributed by atoms with Crippen LogP contribution < -0.4 is 14.8 Å². The summed E-state index contributed by atoms with van der Waals surface area (Å²) in [5, 5.41) is 2.81. The number of rotatable bonds is 6. The first-order chi connectivity index (χ1) is 13.2. The number of benzene rings is 1. The maximum absolute atomic E-state index is 12.4. The van der Waals surface area contributed by atoms with Crippen LogP contribution in [0.3, 0.4) is 0 Å². The molecule has 0 unspecified atom stereocenters. The van der Waals surface area contributed by atoms with E-state index < -0.39 is 11.7 Å². The number of carbonyl (C=O) groups excluding carboxylic acids is 2. The lowest BCUT2D eigenvalue weighted by atomic mass is 9.97. The number of nitrogens with zero attached hydrogens (tertiary/aromatic N) is 1. The Kier molecular flexibility index (Phi) is 7.54. The molecule has 1 aliphatic rings. The van der Waals surface area contributed by atoms with Crippen LogP contribution in [-0.4, -0.2) is 55.9 Å². The predicted octanol–water partition coefficient (Wildman–Crippen LogP) is 3.15. The van der Waals surface area contributed by atoms with Crippen LogP contribution in [0.5, 0.6) is 11.5 Å². The highest BCUT2D eigenvalue weighted by atomic mass is 16.6. The topological polar surface area (TPSA) is 77.1 Å². The Bertz CT molecular complexity index is 676. The number of nitrogens with one attached hydrogen (secondary N) is 1. The number of hydrogen-bond acceptors (Lipinski definition) is 5. The van der Waals surface area contributed by atoms with Gasteiger partial charge >= 0.3 is 6.09 Å². The van der Waals surface area contributed by atoms with Gasteiger partial charge in [0.1, 0.15) is 5.60 Å². The van der Waals surface area contributed by atoms with Crippen LogP contribution in [0.2, 0.25) is 0 Å². The van der Waals surface area contributed by atoms with Crippen molar-refractivity contribution < 1.29 is 23.8 Å². The van der Waals surface area contributed by atoms with Crippen LogP contribution in [0.4, 0.5) is 4.79 Å². The summed E-state index contributed by atoms with van der Waals surface area (Å²) in [6.07, 6.45) is 1.29. The van der Waals surface area contributed by atoms with E-state index >= 15 is 0 Å². The first-order valence-electron chi connectivity index (χ1n) is 9.70. The molecule has 0 radical (unpaired) electrons. The second-order valence-corrected chi connectivity index (χ2v) is 8.15. The van der Waals surface area contributed by atoms with E-state index in [1.165, 1.54) is 0 Å². The van der Waals surface area contributed by atoms with Gasteiger partial charge in [0.05, 0.1) is 7.11 Å². The molecule has 7 heteroatoms. The summed E-state index contributed by atoms with van der Waals surface area (Å²) >= 11 is 0. The molecule has 1 aromatic carbocycles. The highest BCUT2D eigenvalue weighted by Gasteiger charge is 2.24. The van der Waals surface area contributed by atoms with Crippen LogP contribution >= 0.6 is 0 Å². The van der Waals surface area contributed by atoms with Crippen molar-refractivity contribution in [1.82, 2.24) is 10.2 Å². The van der Waals surface area contributed by atoms with Gasteiger partial charge in [-0.05, 0) is 64.2 Å². The van der Waals surface area contributed by atoms with Crippen molar-refractivity contribution in [3.63, 3.8) is 0 Å². The fourth-order valence-electron chi connectivity index (χ4n) is 3.05. The number of piperidine rings is 1. The van der Waals surface area contributed by atoms with E-state index in [2.05, 4.69) is 5.32 Å². The summed E-state index contributed by atoms with van der Waals surface area (Å²) in [5.74, 6) is 1.49. The molecule has 0 spiro atoms. The molecular weight excluding hydrogens is 360 g/mol. The molecule has 1 heterocycles. The van der Waals surface area contributed by atoms with Gasteiger partial charge < -0.3 is 24.4 Å². The predicted molar refractivity (Wildman–Crippen MR) is 107 cm³/mol. The molecule has 0 saturated carbocycles. The fourth-order valence-corrected chi connectivity index (χ4v) is 3.05. The molecule has 7 nitrogen and oxygen atoms in total. The molecule has 2 rings (SSSR count). The van der Waals surface area contributed by atoms with Gasteiger partial charge in [-0.1, -0.05) is 6.07 Å². The molecule has 1 aliphatic heterocycles. The number of hydrogen-bond donors (Lipinski definition) is 1. The Morgan fingerprint density at radius 1 is 1.18 bits per heavy atom. The summed E-state index contributed by atoms with van der Waals surface area (Å²) in [6, 6.07) is 5.62. The van der Waals surface area contributed by atoms with E-state index in [0.717, 1.165) is 18.4 Å². The number of methoxy groups -OCH3 is 1. The van der Waals surface area contributed by atoms with E-state index in [9.17, 15) is 9.59 Å². The summed E-state index contributed by atoms with van der Waals surface area (Å²) in [6.45, 7) is 9.36. The zero-order chi connectivity index (χ0) is 20.7. The molecule has 0 bridgehead atoms. The van der Waals surface area contributed by atoms with Crippen LogP contribution in [0, 0.1) is 12.8 Å². The second kappa shape index (κ2) is 9.66. The molecule has 0 atom stereocenters. The summed E-state index contributed by atoms with van der Waals surface area (Å²) in [5.41, 5.74) is 0.567. The van der Waals surface area contributed by atoms with E-state index in [1.54, 1.807) is 7.11 Å². The number of amides is 2. The lowest BCUT2D eigenvalue weighted by Crippen LogP contribution is -2.43. The van der Waals surface area contributed by atoms with Crippen molar-refractivity contribution in [3.8, 4) is 11.5 Å². The minimum atomic E-state index is -0.500. The number of carbonyl (C=O) groups is 2. The first kappa shape index (κ1) is 21.9. The molecule has 2 amide bonds. The van der Waals surface area contributed by atoms with Gasteiger partial charge in [-0.15, -0.1) is 0 Å². The molecule has 0 aromatic heterocycles. The number of alkyl carbamates (subject to hydrolysis) is 1. The van der Waals surface area contributed by atoms with Gasteiger partial charge in [0.2, 0.25) is 0 Å². The number of aryl methyl sites for hydroxylation is 1. The molecule has 1 aromatic rings. The number of likely N-dealkylation sites (tertiary alicyclic amines) is 1. The van der Waals surface area contributed by atoms with Gasteiger partial charge in [-0.3, -0.25) is 4.79 Å². The maximum Gasteiger partial charge on any atom is 0.407 e. The average molecular weight is 392 g/mol. The van der Waals surface area contributed by atoms with Gasteiger partial charge in [-0.25, -0.2) is 4.79 Å². The Morgan fingerprint density at radius 3 is 2.46 bits per heavy atom. The van der Waals surface area contributed by atoms with Gasteiger partial charge in [0.25, 0.3) is 5.91 Å². The minimum Gasteiger partial charge on any atom is -0.493 e. The van der Waals surface area contributed by atoms with E-state index in [0.29, 0.717) is 37.1 Å². The van der Waals surface area contributed by atoms with Crippen molar-refractivity contribution >= 4 is 12.0 Å². The Labute approximate surface area is 167 Å². The van der Waals surface area contributed by atoms with Crippen LogP contribution in [0.15, 0.2) is 18.2 Å². The monoisotopic (exact) mass is 392 g/mol. The second-order valence-electron chi connectivity index (χ2n) is 8.15. The zero-order valence-electron chi connectivity index (χ0n) is 17.5. The zero-order valence-corrected chi connectivity index (χ0v) is 17.5. The molecule has 0 aliphatic carbocycles. The van der Waals surface area contributed by atoms with Crippen molar-refractivity contribution in [2.24, 2.45) is 5.92 Å². The Morgan fingerprint density at radius 2 is 1.86 bits per heavy atom. The van der Waals surface area contributed by atoms with Gasteiger partial charge in [-0.2, -0.15) is 0 Å². The summed E-state index contributed by atoms with van der Waals surface area (Å²) in [4.78, 5) is 26.0. The van der Waals surface area contributed by atoms with Gasteiger partial charge in [0.15, 0.2) is 18.1 Å². The molecular formula is C21H32N2O5. The van der Waals surface area contributed by atoms with Crippen LogP contribution in [-0.2, 0) is 9.53 Å². The number of ether oxygens (including phenoxy) is 3. The third-order valence-electron chi connectivity index (χ3n) is 4.57.